The average Bonchev–Trinajstić information content (AvgIpc) is 2.51. The normalized spacial score (nSPS) is 13.5. The van der Waals surface area contributed by atoms with Gasteiger partial charge >= 0.3 is 0 Å². The maximum atomic E-state index is 8.79. The molecule has 0 fully saturated rings. The quantitative estimate of drug-likeness (QED) is 0.718. The molecular formula is C10H19N3O. The highest BCUT2D eigenvalue weighted by Gasteiger charge is 2.05. The Morgan fingerprint density at radius 2 is 2.29 bits per heavy atom. The topological polar surface area (TPSA) is 64.1 Å². The number of aliphatic hydroxyl groups is 1. The average molecular weight is 197 g/mol. The second-order valence-corrected chi connectivity index (χ2v) is 4.10. The van der Waals surface area contributed by atoms with E-state index < -0.39 is 0 Å². The lowest BCUT2D eigenvalue weighted by atomic mass is 10.2. The van der Waals surface area contributed by atoms with E-state index >= 15 is 0 Å². The first-order valence-electron chi connectivity index (χ1n) is 4.99. The van der Waals surface area contributed by atoms with Gasteiger partial charge in [-0.2, -0.15) is 0 Å². The summed E-state index contributed by atoms with van der Waals surface area (Å²) in [7, 11) is 0. The zero-order valence-corrected chi connectivity index (χ0v) is 8.85. The Labute approximate surface area is 84.8 Å². The molecule has 0 saturated heterocycles. The molecule has 1 heterocycles. The van der Waals surface area contributed by atoms with Crippen molar-refractivity contribution < 1.29 is 5.11 Å². The van der Waals surface area contributed by atoms with E-state index in [4.69, 9.17) is 10.8 Å². The number of imidazole rings is 1. The summed E-state index contributed by atoms with van der Waals surface area (Å²) in [6.07, 6.45) is 4.45. The van der Waals surface area contributed by atoms with Crippen LogP contribution in [0, 0.1) is 5.92 Å². The van der Waals surface area contributed by atoms with Crippen molar-refractivity contribution in [2.75, 3.05) is 6.61 Å². The lowest BCUT2D eigenvalue weighted by Gasteiger charge is -2.05. The third-order valence-corrected chi connectivity index (χ3v) is 1.97. The number of nitrogens with zero attached hydrogens (tertiary/aromatic N) is 2. The molecule has 0 aliphatic rings. The molecule has 0 amide bonds. The van der Waals surface area contributed by atoms with Gasteiger partial charge in [-0.05, 0) is 5.92 Å². The van der Waals surface area contributed by atoms with Crippen molar-refractivity contribution in [2.24, 2.45) is 11.7 Å². The summed E-state index contributed by atoms with van der Waals surface area (Å²) in [6.45, 7) is 5.32. The van der Waals surface area contributed by atoms with Crippen LogP contribution in [0.4, 0.5) is 0 Å². The Morgan fingerprint density at radius 3 is 2.86 bits per heavy atom. The van der Waals surface area contributed by atoms with Crippen LogP contribution in [0.25, 0.3) is 0 Å². The van der Waals surface area contributed by atoms with Crippen LogP contribution < -0.4 is 5.73 Å². The summed E-state index contributed by atoms with van der Waals surface area (Å²) < 4.78 is 2.06. The molecule has 1 aromatic heterocycles. The minimum Gasteiger partial charge on any atom is -0.395 e. The van der Waals surface area contributed by atoms with Crippen LogP contribution in [-0.4, -0.2) is 27.3 Å². The van der Waals surface area contributed by atoms with Gasteiger partial charge in [-0.1, -0.05) is 13.8 Å². The number of aliphatic hydroxyl groups excluding tert-OH is 1. The third-order valence-electron chi connectivity index (χ3n) is 1.97. The van der Waals surface area contributed by atoms with Crippen molar-refractivity contribution in [1.29, 1.82) is 0 Å². The zero-order valence-electron chi connectivity index (χ0n) is 8.85. The molecule has 3 N–H and O–H groups in total. The third kappa shape index (κ3) is 3.47. The molecule has 0 saturated carbocycles. The van der Waals surface area contributed by atoms with Gasteiger partial charge in [-0.25, -0.2) is 4.98 Å². The number of rotatable bonds is 5. The fraction of sp³-hybridized carbons (Fsp3) is 0.700. The molecule has 4 nitrogen and oxygen atoms in total. The van der Waals surface area contributed by atoms with Gasteiger partial charge in [0.05, 0.1) is 18.6 Å². The fourth-order valence-corrected chi connectivity index (χ4v) is 1.37. The Balaban J connectivity index is 2.50. The molecule has 0 aliphatic carbocycles. The largest absolute Gasteiger partial charge is 0.395 e. The van der Waals surface area contributed by atoms with Crippen LogP contribution in [0.2, 0.25) is 0 Å². The fourth-order valence-electron chi connectivity index (χ4n) is 1.37. The van der Waals surface area contributed by atoms with Crippen LogP contribution in [-0.2, 0) is 13.0 Å². The maximum Gasteiger partial charge on any atom is 0.0949 e. The molecule has 1 rings (SSSR count). The van der Waals surface area contributed by atoms with E-state index in [1.165, 1.54) is 0 Å². The molecule has 14 heavy (non-hydrogen) atoms. The molecule has 0 bridgehead atoms. The van der Waals surface area contributed by atoms with E-state index in [2.05, 4.69) is 23.4 Å². The lowest BCUT2D eigenvalue weighted by molar-refractivity contribution is 0.264. The maximum absolute atomic E-state index is 8.79. The van der Waals surface area contributed by atoms with Crippen molar-refractivity contribution in [3.63, 3.8) is 0 Å². The Kier molecular flexibility index (Phi) is 4.10. The van der Waals surface area contributed by atoms with Crippen LogP contribution in [0.5, 0.6) is 0 Å². The van der Waals surface area contributed by atoms with Crippen molar-refractivity contribution in [2.45, 2.75) is 32.9 Å². The number of aromatic nitrogens is 2. The van der Waals surface area contributed by atoms with Crippen LogP contribution in [0.1, 0.15) is 19.5 Å². The standard InChI is InChI=1S/C10H19N3O/c1-8(2)4-13-5-10(12-7-13)3-9(11)6-14/h5,7-9,14H,3-4,6,11H2,1-2H3/t9-/m1/s1. The zero-order chi connectivity index (χ0) is 10.6. The SMILES string of the molecule is CC(C)Cn1cnc(C[C@@H](N)CO)c1. The van der Waals surface area contributed by atoms with Gasteiger partial charge in [0.1, 0.15) is 0 Å². The van der Waals surface area contributed by atoms with E-state index in [0.717, 1.165) is 12.2 Å². The minimum absolute atomic E-state index is 0.0110. The van der Waals surface area contributed by atoms with Gasteiger partial charge in [0.2, 0.25) is 0 Å². The van der Waals surface area contributed by atoms with Gasteiger partial charge in [0.15, 0.2) is 0 Å². The summed E-state index contributed by atoms with van der Waals surface area (Å²) in [5.74, 6) is 0.614. The Morgan fingerprint density at radius 1 is 1.57 bits per heavy atom. The highest BCUT2D eigenvalue weighted by Crippen LogP contribution is 2.03. The molecule has 80 valence electrons. The van der Waals surface area contributed by atoms with Gasteiger partial charge in [-0.15, -0.1) is 0 Å². The van der Waals surface area contributed by atoms with E-state index in [1.54, 1.807) is 0 Å². The van der Waals surface area contributed by atoms with E-state index in [0.29, 0.717) is 12.3 Å². The monoisotopic (exact) mass is 197 g/mol. The highest BCUT2D eigenvalue weighted by atomic mass is 16.3. The van der Waals surface area contributed by atoms with Gasteiger partial charge in [0.25, 0.3) is 0 Å². The molecule has 0 spiro atoms. The summed E-state index contributed by atoms with van der Waals surface area (Å²) in [5.41, 5.74) is 6.57. The first kappa shape index (κ1) is 11.2. The summed E-state index contributed by atoms with van der Waals surface area (Å²) >= 11 is 0. The van der Waals surface area contributed by atoms with Gasteiger partial charge in [0, 0.05) is 25.2 Å². The number of hydrogen-bond acceptors (Lipinski definition) is 3. The number of hydrogen-bond donors (Lipinski definition) is 2. The highest BCUT2D eigenvalue weighted by molar-refractivity contribution is 4.99. The Hall–Kier alpha value is -0.870. The molecule has 1 aromatic rings. The van der Waals surface area contributed by atoms with Crippen LogP contribution in [0.3, 0.4) is 0 Å². The van der Waals surface area contributed by atoms with Crippen molar-refractivity contribution in [3.05, 3.63) is 18.2 Å². The van der Waals surface area contributed by atoms with Crippen LogP contribution in [0.15, 0.2) is 12.5 Å². The van der Waals surface area contributed by atoms with Crippen LogP contribution >= 0.6 is 0 Å². The van der Waals surface area contributed by atoms with E-state index in [9.17, 15) is 0 Å². The lowest BCUT2D eigenvalue weighted by Crippen LogP contribution is -2.26. The van der Waals surface area contributed by atoms with Gasteiger partial charge in [-0.3, -0.25) is 0 Å². The molecular weight excluding hydrogens is 178 g/mol. The summed E-state index contributed by atoms with van der Waals surface area (Å²) in [4.78, 5) is 4.23. The molecule has 1 atom stereocenters. The predicted octanol–water partition coefficient (Wildman–Crippen LogP) is 0.401. The van der Waals surface area contributed by atoms with Crippen molar-refractivity contribution in [3.8, 4) is 0 Å². The first-order chi connectivity index (χ1) is 6.61. The first-order valence-corrected chi connectivity index (χ1v) is 4.99. The predicted molar refractivity (Wildman–Crippen MR) is 55.8 cm³/mol. The Bertz CT molecular complexity index is 270. The van der Waals surface area contributed by atoms with Crippen molar-refractivity contribution in [1.82, 2.24) is 9.55 Å². The molecule has 0 radical (unpaired) electrons. The molecule has 0 aliphatic heterocycles. The molecule has 4 heteroatoms. The summed E-state index contributed by atoms with van der Waals surface area (Å²) in [6, 6.07) is -0.197. The molecule has 0 unspecified atom stereocenters. The minimum atomic E-state index is -0.197. The number of nitrogens with two attached hydrogens (primary N) is 1. The second-order valence-electron chi connectivity index (χ2n) is 4.10. The summed E-state index contributed by atoms with van der Waals surface area (Å²) in [5, 5.41) is 8.79. The smallest absolute Gasteiger partial charge is 0.0949 e. The van der Waals surface area contributed by atoms with E-state index in [-0.39, 0.29) is 12.6 Å². The van der Waals surface area contributed by atoms with Gasteiger partial charge < -0.3 is 15.4 Å². The molecule has 0 aromatic carbocycles. The second kappa shape index (κ2) is 5.12. The van der Waals surface area contributed by atoms with Crippen molar-refractivity contribution >= 4 is 0 Å². The van der Waals surface area contributed by atoms with E-state index in [1.807, 2.05) is 12.5 Å².